The summed E-state index contributed by atoms with van der Waals surface area (Å²) in [6.07, 6.45) is 1.52. The molecule has 0 spiro atoms. The normalized spacial score (nSPS) is 10.6. The fourth-order valence-electron chi connectivity index (χ4n) is 1.46. The highest BCUT2D eigenvalue weighted by Crippen LogP contribution is 2.21. The van der Waals surface area contributed by atoms with Crippen LogP contribution in [0, 0.1) is 0 Å². The predicted octanol–water partition coefficient (Wildman–Crippen LogP) is 1.35. The molecule has 22 heavy (non-hydrogen) atoms. The molecule has 0 saturated heterocycles. The summed E-state index contributed by atoms with van der Waals surface area (Å²) in [6, 6.07) is 5.31. The molecule has 1 heterocycles. The molecular formula is C12H13BrN6O3. The number of carbonyl (C=O) groups is 1. The topological polar surface area (TPSA) is 114 Å². The van der Waals surface area contributed by atoms with Crippen LogP contribution in [0.4, 0.5) is 5.95 Å². The predicted molar refractivity (Wildman–Crippen MR) is 81.7 cm³/mol. The number of H-pyrrole nitrogens is 1. The summed E-state index contributed by atoms with van der Waals surface area (Å²) in [4.78, 5) is 11.3. The SMILES string of the molecule is CCOC(=O)COc1ccc(Br)cc1/C=N/Nc1nn[nH]n1. The molecule has 1 aromatic heterocycles. The molecule has 0 fully saturated rings. The minimum atomic E-state index is -0.432. The van der Waals surface area contributed by atoms with Gasteiger partial charge in [0.2, 0.25) is 0 Å². The number of esters is 1. The summed E-state index contributed by atoms with van der Waals surface area (Å²) in [5, 5.41) is 17.0. The number of halogens is 1. The first-order valence-corrected chi connectivity index (χ1v) is 7.09. The van der Waals surface area contributed by atoms with Gasteiger partial charge in [0.05, 0.1) is 12.8 Å². The van der Waals surface area contributed by atoms with Crippen LogP contribution in [-0.2, 0) is 9.53 Å². The molecule has 0 bridgehead atoms. The molecular weight excluding hydrogens is 356 g/mol. The summed E-state index contributed by atoms with van der Waals surface area (Å²) >= 11 is 3.36. The highest BCUT2D eigenvalue weighted by molar-refractivity contribution is 9.10. The fraction of sp³-hybridized carbons (Fsp3) is 0.250. The van der Waals surface area contributed by atoms with E-state index in [-0.39, 0.29) is 12.6 Å². The Morgan fingerprint density at radius 2 is 2.41 bits per heavy atom. The van der Waals surface area contributed by atoms with Gasteiger partial charge in [-0.05, 0) is 30.3 Å². The van der Waals surface area contributed by atoms with Gasteiger partial charge in [-0.25, -0.2) is 10.2 Å². The third-order valence-electron chi connectivity index (χ3n) is 2.34. The quantitative estimate of drug-likeness (QED) is 0.430. The first-order valence-electron chi connectivity index (χ1n) is 6.29. The monoisotopic (exact) mass is 368 g/mol. The zero-order valence-corrected chi connectivity index (χ0v) is 13.2. The maximum absolute atomic E-state index is 11.3. The lowest BCUT2D eigenvalue weighted by molar-refractivity contribution is -0.145. The van der Waals surface area contributed by atoms with Gasteiger partial charge in [0.1, 0.15) is 5.75 Å². The van der Waals surface area contributed by atoms with E-state index in [1.54, 1.807) is 25.1 Å². The van der Waals surface area contributed by atoms with Crippen LogP contribution in [0.5, 0.6) is 5.75 Å². The molecule has 0 amide bonds. The zero-order valence-electron chi connectivity index (χ0n) is 11.6. The van der Waals surface area contributed by atoms with Crippen LogP contribution < -0.4 is 10.2 Å². The van der Waals surface area contributed by atoms with Crippen LogP contribution in [0.15, 0.2) is 27.8 Å². The summed E-state index contributed by atoms with van der Waals surface area (Å²) in [5.41, 5.74) is 3.26. The Bertz CT molecular complexity index is 646. The Morgan fingerprint density at radius 3 is 3.14 bits per heavy atom. The van der Waals surface area contributed by atoms with E-state index in [0.717, 1.165) is 4.47 Å². The van der Waals surface area contributed by atoms with E-state index in [0.29, 0.717) is 17.9 Å². The van der Waals surface area contributed by atoms with Crippen molar-refractivity contribution in [2.75, 3.05) is 18.6 Å². The van der Waals surface area contributed by atoms with Gasteiger partial charge in [0.15, 0.2) is 6.61 Å². The number of nitrogens with zero attached hydrogens (tertiary/aromatic N) is 4. The second kappa shape index (κ2) is 8.08. The van der Waals surface area contributed by atoms with Gasteiger partial charge < -0.3 is 9.47 Å². The summed E-state index contributed by atoms with van der Waals surface area (Å²) < 4.78 is 11.1. The number of hydrogen-bond acceptors (Lipinski definition) is 8. The molecule has 0 aliphatic carbocycles. The van der Waals surface area contributed by atoms with Crippen LogP contribution in [-0.4, -0.2) is 46.0 Å². The van der Waals surface area contributed by atoms with Crippen molar-refractivity contribution in [3.63, 3.8) is 0 Å². The van der Waals surface area contributed by atoms with E-state index < -0.39 is 5.97 Å². The van der Waals surface area contributed by atoms with E-state index in [9.17, 15) is 4.79 Å². The number of ether oxygens (including phenoxy) is 2. The molecule has 0 unspecified atom stereocenters. The third-order valence-corrected chi connectivity index (χ3v) is 2.83. The van der Waals surface area contributed by atoms with Crippen molar-refractivity contribution in [3.05, 3.63) is 28.2 Å². The standard InChI is InChI=1S/C12H13BrN6O3/c1-2-21-11(20)7-22-10-4-3-9(13)5-8(10)6-14-15-12-16-18-19-17-12/h3-6H,2,7H2,1H3,(H2,15,16,17,18,19)/b14-6+. The average molecular weight is 369 g/mol. The van der Waals surface area contributed by atoms with E-state index in [2.05, 4.69) is 47.1 Å². The summed E-state index contributed by atoms with van der Waals surface area (Å²) in [5.74, 6) is 0.299. The first-order chi connectivity index (χ1) is 10.7. The van der Waals surface area contributed by atoms with Crippen molar-refractivity contribution in [1.82, 2.24) is 20.6 Å². The number of aromatic nitrogens is 4. The van der Waals surface area contributed by atoms with Gasteiger partial charge in [-0.3, -0.25) is 0 Å². The number of hydrogen-bond donors (Lipinski definition) is 2. The van der Waals surface area contributed by atoms with Crippen molar-refractivity contribution in [2.45, 2.75) is 6.92 Å². The molecule has 0 aliphatic heterocycles. The maximum atomic E-state index is 11.3. The Labute approximate surface area is 134 Å². The maximum Gasteiger partial charge on any atom is 0.344 e. The smallest absolute Gasteiger partial charge is 0.344 e. The number of nitrogens with one attached hydrogen (secondary N) is 2. The number of tetrazole rings is 1. The lowest BCUT2D eigenvalue weighted by Crippen LogP contribution is -2.15. The summed E-state index contributed by atoms with van der Waals surface area (Å²) in [6.45, 7) is 1.87. The number of hydrazone groups is 1. The van der Waals surface area contributed by atoms with E-state index >= 15 is 0 Å². The molecule has 2 N–H and O–H groups in total. The lowest BCUT2D eigenvalue weighted by Gasteiger charge is -2.08. The van der Waals surface area contributed by atoms with Gasteiger partial charge in [0.25, 0.3) is 5.95 Å². The Kier molecular flexibility index (Phi) is 5.83. The van der Waals surface area contributed by atoms with Gasteiger partial charge in [-0.1, -0.05) is 21.0 Å². The number of carbonyl (C=O) groups excluding carboxylic acids is 1. The van der Waals surface area contributed by atoms with E-state index in [1.807, 2.05) is 0 Å². The first kappa shape index (κ1) is 15.9. The third kappa shape index (κ3) is 4.81. The number of benzene rings is 1. The van der Waals surface area contributed by atoms with E-state index in [1.165, 1.54) is 6.21 Å². The van der Waals surface area contributed by atoms with Crippen LogP contribution in [0.25, 0.3) is 0 Å². The van der Waals surface area contributed by atoms with Gasteiger partial charge >= 0.3 is 5.97 Å². The van der Waals surface area contributed by atoms with Crippen molar-refractivity contribution >= 4 is 34.1 Å². The fourth-order valence-corrected chi connectivity index (χ4v) is 1.84. The minimum absolute atomic E-state index is 0.172. The van der Waals surface area contributed by atoms with Crippen molar-refractivity contribution in [2.24, 2.45) is 5.10 Å². The molecule has 10 heteroatoms. The van der Waals surface area contributed by atoms with Crippen LogP contribution in [0.2, 0.25) is 0 Å². The molecule has 0 atom stereocenters. The van der Waals surface area contributed by atoms with Crippen LogP contribution in [0.1, 0.15) is 12.5 Å². The van der Waals surface area contributed by atoms with Crippen molar-refractivity contribution in [1.29, 1.82) is 0 Å². The van der Waals surface area contributed by atoms with Crippen molar-refractivity contribution in [3.8, 4) is 5.75 Å². The molecule has 116 valence electrons. The van der Waals surface area contributed by atoms with Gasteiger partial charge in [-0.15, -0.1) is 5.10 Å². The average Bonchev–Trinajstić information content (AvgIpc) is 3.00. The Hall–Kier alpha value is -2.49. The number of rotatable bonds is 7. The summed E-state index contributed by atoms with van der Waals surface area (Å²) in [7, 11) is 0. The minimum Gasteiger partial charge on any atom is -0.481 e. The Balaban J connectivity index is 2.03. The molecule has 1 aromatic carbocycles. The van der Waals surface area contributed by atoms with Gasteiger partial charge in [0, 0.05) is 10.0 Å². The lowest BCUT2D eigenvalue weighted by atomic mass is 10.2. The van der Waals surface area contributed by atoms with E-state index in [4.69, 9.17) is 9.47 Å². The highest BCUT2D eigenvalue weighted by Gasteiger charge is 2.07. The molecule has 9 nitrogen and oxygen atoms in total. The molecule has 0 aliphatic rings. The largest absolute Gasteiger partial charge is 0.481 e. The molecule has 0 radical (unpaired) electrons. The van der Waals surface area contributed by atoms with Crippen molar-refractivity contribution < 1.29 is 14.3 Å². The van der Waals surface area contributed by atoms with Crippen LogP contribution >= 0.6 is 15.9 Å². The van der Waals surface area contributed by atoms with Crippen LogP contribution in [0.3, 0.4) is 0 Å². The second-order valence-electron chi connectivity index (χ2n) is 3.88. The number of anilines is 1. The second-order valence-corrected chi connectivity index (χ2v) is 4.80. The Morgan fingerprint density at radius 1 is 1.55 bits per heavy atom. The van der Waals surface area contributed by atoms with Gasteiger partial charge in [-0.2, -0.15) is 10.3 Å². The molecule has 2 rings (SSSR count). The highest BCUT2D eigenvalue weighted by atomic mass is 79.9. The molecule has 2 aromatic rings. The zero-order chi connectivity index (χ0) is 15.8. The number of aromatic amines is 1. The molecule has 0 saturated carbocycles.